The molecule has 158 valence electrons. The number of hydrogen-bond acceptors (Lipinski definition) is 5. The second-order valence-corrected chi connectivity index (χ2v) is 8.11. The fourth-order valence-electron chi connectivity index (χ4n) is 4.07. The minimum absolute atomic E-state index is 0.00308. The van der Waals surface area contributed by atoms with Gasteiger partial charge in [-0.15, -0.1) is 0 Å². The Bertz CT molecular complexity index is 1270. The lowest BCUT2D eigenvalue weighted by molar-refractivity contribution is -0.125. The molecule has 0 bridgehead atoms. The van der Waals surface area contributed by atoms with Gasteiger partial charge in [-0.2, -0.15) is 0 Å². The molecule has 1 amide bonds. The van der Waals surface area contributed by atoms with Crippen molar-refractivity contribution in [3.63, 3.8) is 0 Å². The molecule has 0 saturated carbocycles. The van der Waals surface area contributed by atoms with Crippen LogP contribution in [0.25, 0.3) is 22.1 Å². The Labute approximate surface area is 183 Å². The molecular formula is C23H20ClFN4O2. The van der Waals surface area contributed by atoms with E-state index >= 15 is 0 Å². The fourth-order valence-corrected chi connectivity index (χ4v) is 4.28. The first-order valence-electron chi connectivity index (χ1n) is 10.2. The number of hydrogen-bond donors (Lipinski definition) is 1. The summed E-state index contributed by atoms with van der Waals surface area (Å²) in [6.45, 7) is 1.72. The molecule has 1 aliphatic rings. The first-order chi connectivity index (χ1) is 15.1. The van der Waals surface area contributed by atoms with Gasteiger partial charge in [0.25, 0.3) is 0 Å². The average molecular weight is 439 g/mol. The Morgan fingerprint density at radius 2 is 2.00 bits per heavy atom. The van der Waals surface area contributed by atoms with Crippen molar-refractivity contribution in [2.75, 3.05) is 18.0 Å². The van der Waals surface area contributed by atoms with E-state index < -0.39 is 5.82 Å². The zero-order valence-electron chi connectivity index (χ0n) is 16.6. The largest absolute Gasteiger partial charge is 0.450 e. The van der Waals surface area contributed by atoms with Gasteiger partial charge in [0.2, 0.25) is 5.91 Å². The summed E-state index contributed by atoms with van der Waals surface area (Å²) in [5.41, 5.74) is 3.04. The van der Waals surface area contributed by atoms with Crippen molar-refractivity contribution in [2.24, 2.45) is 5.92 Å². The Hall–Kier alpha value is -3.19. The molecule has 2 aromatic heterocycles. The van der Waals surface area contributed by atoms with Crippen LogP contribution in [0.2, 0.25) is 5.02 Å². The molecular weight excluding hydrogens is 419 g/mol. The van der Waals surface area contributed by atoms with Crippen molar-refractivity contribution in [1.29, 1.82) is 0 Å². The van der Waals surface area contributed by atoms with Gasteiger partial charge in [0.15, 0.2) is 11.4 Å². The predicted octanol–water partition coefficient (Wildman–Crippen LogP) is 4.70. The predicted molar refractivity (Wildman–Crippen MR) is 118 cm³/mol. The molecule has 6 nitrogen and oxygen atoms in total. The molecule has 8 heteroatoms. The Morgan fingerprint density at radius 3 is 2.81 bits per heavy atom. The number of amides is 1. The number of furan rings is 1. The van der Waals surface area contributed by atoms with Gasteiger partial charge < -0.3 is 14.6 Å². The van der Waals surface area contributed by atoms with Gasteiger partial charge >= 0.3 is 0 Å². The van der Waals surface area contributed by atoms with Crippen LogP contribution in [0.15, 0.2) is 53.2 Å². The molecule has 0 aliphatic carbocycles. The number of anilines is 1. The number of halogens is 2. The molecule has 0 spiro atoms. The molecule has 1 saturated heterocycles. The SMILES string of the molecule is O=C(NCc1ccc(F)c(Cl)c1)C1CCN(c2ncnc3c2oc2ccccc23)CC1. The van der Waals surface area contributed by atoms with E-state index in [1.165, 1.54) is 12.1 Å². The van der Waals surface area contributed by atoms with Crippen LogP contribution in [0.1, 0.15) is 18.4 Å². The summed E-state index contributed by atoms with van der Waals surface area (Å²) in [6, 6.07) is 12.3. The van der Waals surface area contributed by atoms with E-state index in [-0.39, 0.29) is 16.8 Å². The molecule has 0 radical (unpaired) electrons. The van der Waals surface area contributed by atoms with Gasteiger partial charge in [-0.05, 0) is 42.7 Å². The van der Waals surface area contributed by atoms with Gasteiger partial charge in [-0.1, -0.05) is 29.8 Å². The number of rotatable bonds is 4. The third-order valence-electron chi connectivity index (χ3n) is 5.76. The minimum atomic E-state index is -0.465. The number of carbonyl (C=O) groups is 1. The number of carbonyl (C=O) groups excluding carboxylic acids is 1. The number of nitrogens with one attached hydrogen (secondary N) is 1. The number of benzene rings is 2. The van der Waals surface area contributed by atoms with E-state index in [9.17, 15) is 9.18 Å². The van der Waals surface area contributed by atoms with Crippen molar-refractivity contribution >= 4 is 45.4 Å². The Morgan fingerprint density at radius 1 is 1.19 bits per heavy atom. The zero-order chi connectivity index (χ0) is 21.4. The maximum Gasteiger partial charge on any atom is 0.223 e. The van der Waals surface area contributed by atoms with E-state index in [2.05, 4.69) is 20.2 Å². The highest BCUT2D eigenvalue weighted by Crippen LogP contribution is 2.33. The summed E-state index contributed by atoms with van der Waals surface area (Å²) in [5, 5.41) is 3.96. The summed E-state index contributed by atoms with van der Waals surface area (Å²) < 4.78 is 19.3. The standard InChI is InChI=1S/C23H20ClFN4O2/c24-17-11-14(5-6-18(17)25)12-26-23(30)15-7-9-29(10-8-15)22-21-20(27-13-28-22)16-3-1-2-4-19(16)31-21/h1-6,11,13,15H,7-10,12H2,(H,26,30). The van der Waals surface area contributed by atoms with Gasteiger partial charge in [-0.25, -0.2) is 14.4 Å². The van der Waals surface area contributed by atoms with E-state index in [1.54, 1.807) is 12.4 Å². The second kappa shape index (κ2) is 8.15. The van der Waals surface area contributed by atoms with Crippen LogP contribution < -0.4 is 10.2 Å². The fraction of sp³-hybridized carbons (Fsp3) is 0.261. The Kier molecular flexibility index (Phi) is 5.19. The molecule has 1 aliphatic heterocycles. The average Bonchev–Trinajstić information content (AvgIpc) is 3.19. The van der Waals surface area contributed by atoms with Gasteiger partial charge in [-0.3, -0.25) is 4.79 Å². The van der Waals surface area contributed by atoms with Gasteiger partial charge in [0, 0.05) is 30.9 Å². The topological polar surface area (TPSA) is 71.3 Å². The van der Waals surface area contributed by atoms with Crippen LogP contribution in [0.4, 0.5) is 10.2 Å². The number of para-hydroxylation sites is 1. The van der Waals surface area contributed by atoms with E-state index in [0.717, 1.165) is 27.9 Å². The first kappa shape index (κ1) is 19.8. The maximum atomic E-state index is 13.3. The van der Waals surface area contributed by atoms with Crippen molar-refractivity contribution in [3.05, 3.63) is 65.2 Å². The molecule has 3 heterocycles. The minimum Gasteiger partial charge on any atom is -0.450 e. The highest BCUT2D eigenvalue weighted by Gasteiger charge is 2.27. The quantitative estimate of drug-likeness (QED) is 0.500. The monoisotopic (exact) mass is 438 g/mol. The lowest BCUT2D eigenvalue weighted by Crippen LogP contribution is -2.40. The number of piperidine rings is 1. The maximum absolute atomic E-state index is 13.3. The van der Waals surface area contributed by atoms with Crippen LogP contribution in [0.5, 0.6) is 0 Å². The molecule has 1 N–H and O–H groups in total. The lowest BCUT2D eigenvalue weighted by atomic mass is 9.95. The molecule has 0 atom stereocenters. The van der Waals surface area contributed by atoms with Crippen LogP contribution >= 0.6 is 11.6 Å². The highest BCUT2D eigenvalue weighted by molar-refractivity contribution is 6.30. The molecule has 2 aromatic carbocycles. The normalized spacial score (nSPS) is 15.0. The zero-order valence-corrected chi connectivity index (χ0v) is 17.4. The van der Waals surface area contributed by atoms with Crippen LogP contribution in [0, 0.1) is 11.7 Å². The molecule has 31 heavy (non-hydrogen) atoms. The second-order valence-electron chi connectivity index (χ2n) is 7.70. The number of nitrogens with zero attached hydrogens (tertiary/aromatic N) is 3. The van der Waals surface area contributed by atoms with Crippen LogP contribution in [-0.4, -0.2) is 29.0 Å². The first-order valence-corrected chi connectivity index (χ1v) is 10.6. The van der Waals surface area contributed by atoms with Crippen molar-refractivity contribution in [2.45, 2.75) is 19.4 Å². The third-order valence-corrected chi connectivity index (χ3v) is 6.04. The van der Waals surface area contributed by atoms with E-state index in [0.29, 0.717) is 38.1 Å². The summed E-state index contributed by atoms with van der Waals surface area (Å²) >= 11 is 5.81. The lowest BCUT2D eigenvalue weighted by Gasteiger charge is -2.31. The summed E-state index contributed by atoms with van der Waals surface area (Å²) in [5.74, 6) is 0.213. The van der Waals surface area contributed by atoms with Crippen molar-refractivity contribution in [3.8, 4) is 0 Å². The summed E-state index contributed by atoms with van der Waals surface area (Å²) in [6.07, 6.45) is 2.98. The van der Waals surface area contributed by atoms with E-state index in [4.69, 9.17) is 16.0 Å². The molecule has 4 aromatic rings. The van der Waals surface area contributed by atoms with Gasteiger partial charge in [0.1, 0.15) is 23.2 Å². The molecule has 1 fully saturated rings. The van der Waals surface area contributed by atoms with Crippen LogP contribution in [-0.2, 0) is 11.3 Å². The van der Waals surface area contributed by atoms with Crippen LogP contribution in [0.3, 0.4) is 0 Å². The molecule has 5 rings (SSSR count). The van der Waals surface area contributed by atoms with Gasteiger partial charge in [0.05, 0.1) is 5.02 Å². The Balaban J connectivity index is 1.25. The smallest absolute Gasteiger partial charge is 0.223 e. The summed E-state index contributed by atoms with van der Waals surface area (Å²) in [4.78, 5) is 23.6. The number of aromatic nitrogens is 2. The van der Waals surface area contributed by atoms with Crippen molar-refractivity contribution < 1.29 is 13.6 Å². The third kappa shape index (κ3) is 3.81. The van der Waals surface area contributed by atoms with Crippen molar-refractivity contribution in [1.82, 2.24) is 15.3 Å². The molecule has 0 unspecified atom stereocenters. The number of fused-ring (bicyclic) bond motifs is 3. The highest BCUT2D eigenvalue weighted by atomic mass is 35.5. The summed E-state index contributed by atoms with van der Waals surface area (Å²) in [7, 11) is 0. The van der Waals surface area contributed by atoms with E-state index in [1.807, 2.05) is 24.3 Å².